The maximum absolute atomic E-state index is 13.3. The van der Waals surface area contributed by atoms with E-state index in [1.54, 1.807) is 0 Å². The van der Waals surface area contributed by atoms with Gasteiger partial charge in [0.05, 0.1) is 10.6 Å². The summed E-state index contributed by atoms with van der Waals surface area (Å²) in [6.07, 6.45) is -0.862. The van der Waals surface area contributed by atoms with E-state index < -0.39 is 17.7 Å². The van der Waals surface area contributed by atoms with Crippen molar-refractivity contribution in [1.82, 2.24) is 0 Å². The van der Waals surface area contributed by atoms with Crippen LogP contribution in [0.15, 0.2) is 16.6 Å². The van der Waals surface area contributed by atoms with Crippen molar-refractivity contribution in [2.75, 3.05) is 6.54 Å². The first-order chi connectivity index (χ1) is 6.56. The molecule has 0 aliphatic carbocycles. The third kappa shape index (κ3) is 2.50. The van der Waals surface area contributed by atoms with Gasteiger partial charge in [0.2, 0.25) is 0 Å². The molecule has 1 aromatic carbocycles. The normalized spacial score (nSPS) is 12.9. The molecule has 1 aromatic rings. The molecule has 0 fully saturated rings. The Bertz CT molecular complexity index is 333. The van der Waals surface area contributed by atoms with Crippen molar-refractivity contribution in [3.8, 4) is 0 Å². The van der Waals surface area contributed by atoms with Crippen LogP contribution in [0.2, 0.25) is 0 Å². The van der Waals surface area contributed by atoms with Crippen molar-refractivity contribution in [3.63, 3.8) is 0 Å². The first-order valence-electron chi connectivity index (χ1n) is 4.09. The molecule has 0 saturated heterocycles. The lowest BCUT2D eigenvalue weighted by Crippen LogP contribution is -2.09. The van der Waals surface area contributed by atoms with Gasteiger partial charge in [-0.05, 0) is 41.0 Å². The fraction of sp³-hybridized carbons (Fsp3) is 0.333. The number of aliphatic hydroxyl groups excluding tert-OH is 1. The van der Waals surface area contributed by atoms with Crippen molar-refractivity contribution in [2.45, 2.75) is 12.5 Å². The summed E-state index contributed by atoms with van der Waals surface area (Å²) in [6.45, 7) is 0.217. The zero-order valence-electron chi connectivity index (χ0n) is 7.30. The fourth-order valence-electron chi connectivity index (χ4n) is 1.13. The quantitative estimate of drug-likeness (QED) is 0.823. The Morgan fingerprint density at radius 1 is 1.43 bits per heavy atom. The van der Waals surface area contributed by atoms with E-state index in [4.69, 9.17) is 5.73 Å². The molecule has 0 aliphatic rings. The Hall–Kier alpha value is -0.520. The Kier molecular flexibility index (Phi) is 3.97. The van der Waals surface area contributed by atoms with Crippen LogP contribution in [0, 0.1) is 11.6 Å². The molecule has 0 aromatic heterocycles. The van der Waals surface area contributed by atoms with E-state index in [0.29, 0.717) is 0 Å². The lowest BCUT2D eigenvalue weighted by Gasteiger charge is -2.11. The second-order valence-corrected chi connectivity index (χ2v) is 3.74. The van der Waals surface area contributed by atoms with Crippen LogP contribution in [0.5, 0.6) is 0 Å². The Balaban J connectivity index is 3.07. The second-order valence-electron chi connectivity index (χ2n) is 2.88. The molecule has 78 valence electrons. The number of hydrogen-bond acceptors (Lipinski definition) is 2. The number of halogens is 3. The van der Waals surface area contributed by atoms with Crippen LogP contribution in [0.3, 0.4) is 0 Å². The molecular formula is C9H10BrF2NO. The molecule has 1 rings (SSSR count). The molecule has 0 spiro atoms. The van der Waals surface area contributed by atoms with Gasteiger partial charge in [0.25, 0.3) is 0 Å². The van der Waals surface area contributed by atoms with E-state index >= 15 is 0 Å². The minimum Gasteiger partial charge on any atom is -0.388 e. The monoisotopic (exact) mass is 265 g/mol. The third-order valence-corrected chi connectivity index (χ3v) is 2.40. The van der Waals surface area contributed by atoms with Gasteiger partial charge in [0.1, 0.15) is 11.6 Å². The first-order valence-corrected chi connectivity index (χ1v) is 4.88. The van der Waals surface area contributed by atoms with Gasteiger partial charge in [-0.2, -0.15) is 0 Å². The number of rotatable bonds is 3. The van der Waals surface area contributed by atoms with Crippen LogP contribution in [-0.4, -0.2) is 11.7 Å². The zero-order chi connectivity index (χ0) is 10.7. The molecule has 0 heterocycles. The maximum Gasteiger partial charge on any atom is 0.143 e. The highest BCUT2D eigenvalue weighted by Crippen LogP contribution is 2.26. The fourth-order valence-corrected chi connectivity index (χ4v) is 1.58. The topological polar surface area (TPSA) is 46.2 Å². The summed E-state index contributed by atoms with van der Waals surface area (Å²) in [5.41, 5.74) is 5.14. The van der Waals surface area contributed by atoms with Gasteiger partial charge in [-0.3, -0.25) is 0 Å². The van der Waals surface area contributed by atoms with Gasteiger partial charge in [-0.15, -0.1) is 0 Å². The average Bonchev–Trinajstić information content (AvgIpc) is 2.11. The van der Waals surface area contributed by atoms with Crippen molar-refractivity contribution < 1.29 is 13.9 Å². The van der Waals surface area contributed by atoms with Crippen LogP contribution in [0.4, 0.5) is 8.78 Å². The van der Waals surface area contributed by atoms with Crippen LogP contribution >= 0.6 is 15.9 Å². The highest BCUT2D eigenvalue weighted by atomic mass is 79.9. The number of aliphatic hydroxyl groups is 1. The van der Waals surface area contributed by atoms with Crippen molar-refractivity contribution in [3.05, 3.63) is 33.8 Å². The Labute approximate surface area is 88.9 Å². The SMILES string of the molecule is NCCC(O)c1cc(F)cc(Br)c1F. The largest absolute Gasteiger partial charge is 0.388 e. The third-order valence-electron chi connectivity index (χ3n) is 1.82. The lowest BCUT2D eigenvalue weighted by atomic mass is 10.1. The van der Waals surface area contributed by atoms with Gasteiger partial charge in [-0.1, -0.05) is 0 Å². The smallest absolute Gasteiger partial charge is 0.143 e. The zero-order valence-corrected chi connectivity index (χ0v) is 8.89. The molecule has 0 radical (unpaired) electrons. The summed E-state index contributed by atoms with van der Waals surface area (Å²) in [5, 5.41) is 9.44. The van der Waals surface area contributed by atoms with Crippen LogP contribution in [0.1, 0.15) is 18.1 Å². The number of benzene rings is 1. The van der Waals surface area contributed by atoms with Gasteiger partial charge in [0, 0.05) is 5.56 Å². The summed E-state index contributed by atoms with van der Waals surface area (Å²) >= 11 is 2.86. The van der Waals surface area contributed by atoms with Crippen LogP contribution < -0.4 is 5.73 Å². The maximum atomic E-state index is 13.3. The minimum atomic E-state index is -1.06. The highest BCUT2D eigenvalue weighted by Gasteiger charge is 2.15. The predicted molar refractivity (Wildman–Crippen MR) is 52.7 cm³/mol. The molecule has 3 N–H and O–H groups in total. The molecule has 1 atom stereocenters. The lowest BCUT2D eigenvalue weighted by molar-refractivity contribution is 0.165. The average molecular weight is 266 g/mol. The van der Waals surface area contributed by atoms with Gasteiger partial charge >= 0.3 is 0 Å². The summed E-state index contributed by atoms with van der Waals surface area (Å²) in [7, 11) is 0. The molecule has 5 heteroatoms. The van der Waals surface area contributed by atoms with Crippen molar-refractivity contribution in [2.24, 2.45) is 5.73 Å². The molecule has 2 nitrogen and oxygen atoms in total. The molecular weight excluding hydrogens is 256 g/mol. The summed E-state index contributed by atoms with van der Waals surface area (Å²) in [5.74, 6) is -1.24. The van der Waals surface area contributed by atoms with E-state index in [1.807, 2.05) is 0 Å². The Morgan fingerprint density at radius 2 is 2.07 bits per heavy atom. The summed E-state index contributed by atoms with van der Waals surface area (Å²) in [6, 6.07) is 1.98. The Morgan fingerprint density at radius 3 is 2.64 bits per heavy atom. The second kappa shape index (κ2) is 4.82. The van der Waals surface area contributed by atoms with E-state index in [0.717, 1.165) is 12.1 Å². The predicted octanol–water partition coefficient (Wildman–Crippen LogP) is 2.11. The van der Waals surface area contributed by atoms with E-state index in [9.17, 15) is 13.9 Å². The van der Waals surface area contributed by atoms with Gasteiger partial charge in [0.15, 0.2) is 0 Å². The minimum absolute atomic E-state index is 0.00331. The molecule has 0 saturated carbocycles. The molecule has 0 aliphatic heterocycles. The first kappa shape index (κ1) is 11.6. The van der Waals surface area contributed by atoms with Crippen molar-refractivity contribution in [1.29, 1.82) is 0 Å². The van der Waals surface area contributed by atoms with E-state index in [-0.39, 0.29) is 23.0 Å². The standard InChI is InChI=1S/C9H10BrF2NO/c10-7-4-5(11)3-6(9(7)12)8(14)1-2-13/h3-4,8,14H,1-2,13H2. The molecule has 0 bridgehead atoms. The summed E-state index contributed by atoms with van der Waals surface area (Å²) in [4.78, 5) is 0. The summed E-state index contributed by atoms with van der Waals surface area (Å²) < 4.78 is 26.2. The molecule has 1 unspecified atom stereocenters. The van der Waals surface area contributed by atoms with E-state index in [1.165, 1.54) is 0 Å². The molecule has 14 heavy (non-hydrogen) atoms. The van der Waals surface area contributed by atoms with Gasteiger partial charge in [-0.25, -0.2) is 8.78 Å². The van der Waals surface area contributed by atoms with Gasteiger partial charge < -0.3 is 10.8 Å². The number of nitrogens with two attached hydrogens (primary N) is 1. The van der Waals surface area contributed by atoms with Crippen LogP contribution in [0.25, 0.3) is 0 Å². The van der Waals surface area contributed by atoms with Crippen molar-refractivity contribution >= 4 is 15.9 Å². The van der Waals surface area contributed by atoms with E-state index in [2.05, 4.69) is 15.9 Å². The van der Waals surface area contributed by atoms with Crippen LogP contribution in [-0.2, 0) is 0 Å². The highest BCUT2D eigenvalue weighted by molar-refractivity contribution is 9.10. The number of hydrogen-bond donors (Lipinski definition) is 2. The molecule has 0 amide bonds.